The molecule has 26 nitrogen and oxygen atoms in total. The number of pyridine rings is 2. The van der Waals surface area contributed by atoms with Crippen LogP contribution in [0, 0.1) is 31.8 Å². The van der Waals surface area contributed by atoms with Crippen molar-refractivity contribution < 1.29 is 49.8 Å². The Balaban J connectivity index is 1.43. The zero-order chi connectivity index (χ0) is 46.4. The van der Waals surface area contributed by atoms with Gasteiger partial charge >= 0.3 is 29.6 Å². The normalized spacial score (nSPS) is 10.9. The van der Waals surface area contributed by atoms with Crippen molar-refractivity contribution in [2.45, 2.75) is 20.4 Å². The number of H-pyrrole nitrogens is 1. The highest BCUT2D eigenvalue weighted by molar-refractivity contribution is 5.97. The second-order valence-corrected chi connectivity index (χ2v) is 12.5. The number of carbonyl (C=O) groups is 4. The number of benzene rings is 2. The molecule has 0 atom stereocenters. The average Bonchev–Trinajstić information content (AvgIpc) is 3.21. The van der Waals surface area contributed by atoms with E-state index in [1.54, 1.807) is 6.07 Å². The topological polar surface area (TPSA) is 394 Å². The van der Waals surface area contributed by atoms with Gasteiger partial charge in [-0.05, 0) is 55.8 Å². The number of hydrogen-bond donors (Lipinski definition) is 9. The maximum Gasteiger partial charge on any atom is 0.351 e. The minimum Gasteiger partial charge on any atom is -0.502 e. The predicted octanol–water partition coefficient (Wildman–Crippen LogP) is 4.21. The van der Waals surface area contributed by atoms with Gasteiger partial charge in [0.1, 0.15) is 34.5 Å². The highest BCUT2D eigenvalue weighted by Gasteiger charge is 2.24. The van der Waals surface area contributed by atoms with Crippen LogP contribution in [0.4, 0.5) is 40.3 Å². The van der Waals surface area contributed by atoms with Crippen LogP contribution in [0.5, 0.6) is 11.8 Å². The van der Waals surface area contributed by atoms with Crippen molar-refractivity contribution in [3.63, 3.8) is 0 Å². The number of nitriles is 1. The summed E-state index contributed by atoms with van der Waals surface area (Å²) in [5, 5.41) is 89.4. The third kappa shape index (κ3) is 9.09. The van der Waals surface area contributed by atoms with Crippen molar-refractivity contribution in [2.75, 3.05) is 17.2 Å². The van der Waals surface area contributed by atoms with Crippen LogP contribution in [-0.2, 0) is 6.54 Å². The highest BCUT2D eigenvalue weighted by atomic mass is 16.4. The van der Waals surface area contributed by atoms with Gasteiger partial charge in [-0.3, -0.25) is 19.1 Å². The lowest BCUT2D eigenvalue weighted by Gasteiger charge is -2.16. The first kappa shape index (κ1) is 44.3. The summed E-state index contributed by atoms with van der Waals surface area (Å²) in [6, 6.07) is 7.48. The number of nitrogens with one attached hydrogen (secondary N) is 3. The number of nitrogens with zero attached hydrogens (tertiary/aromatic N) is 10. The Bertz CT molecular complexity index is 3150. The van der Waals surface area contributed by atoms with Gasteiger partial charge in [0.2, 0.25) is 23.7 Å². The van der Waals surface area contributed by atoms with Crippen LogP contribution in [0.2, 0.25) is 0 Å². The number of hydrogen-bond acceptors (Lipinski definition) is 18. The molecule has 26 heteroatoms. The fourth-order valence-corrected chi connectivity index (χ4v) is 5.57. The molecule has 318 valence electrons. The molecular weight excluding hydrogens is 834 g/mol. The molecule has 0 unspecified atom stereocenters. The Kier molecular flexibility index (Phi) is 12.6. The number of aromatic nitrogens is 5. The summed E-state index contributed by atoms with van der Waals surface area (Å²) in [7, 11) is 0. The Labute approximate surface area is 349 Å². The van der Waals surface area contributed by atoms with E-state index in [1.807, 2.05) is 0 Å². The van der Waals surface area contributed by atoms with E-state index < -0.39 is 122 Å². The Morgan fingerprint density at radius 1 is 0.825 bits per heavy atom. The van der Waals surface area contributed by atoms with Gasteiger partial charge in [0.25, 0.3) is 16.8 Å². The van der Waals surface area contributed by atoms with Crippen LogP contribution >= 0.6 is 0 Å². The summed E-state index contributed by atoms with van der Waals surface area (Å²) in [5.74, 6) is -8.99. The molecule has 0 aliphatic rings. The Hall–Kier alpha value is -9.85. The summed E-state index contributed by atoms with van der Waals surface area (Å²) >= 11 is 0. The lowest BCUT2D eigenvalue weighted by molar-refractivity contribution is 0.0682. The summed E-state index contributed by atoms with van der Waals surface area (Å²) in [6.07, 6.45) is 0. The van der Waals surface area contributed by atoms with Gasteiger partial charge in [-0.25, -0.2) is 33.4 Å². The van der Waals surface area contributed by atoms with Gasteiger partial charge in [-0.15, -0.1) is 20.5 Å². The second kappa shape index (κ2) is 18.0. The molecule has 0 amide bonds. The number of anilines is 2. The van der Waals surface area contributed by atoms with Crippen molar-refractivity contribution in [1.82, 2.24) is 24.1 Å². The van der Waals surface area contributed by atoms with Crippen molar-refractivity contribution in [3.05, 3.63) is 125 Å². The molecule has 0 saturated heterocycles. The second-order valence-electron chi connectivity index (χ2n) is 12.5. The molecule has 0 aliphatic heterocycles. The van der Waals surface area contributed by atoms with Crippen LogP contribution in [-0.4, -0.2) is 85.1 Å². The van der Waals surface area contributed by atoms with Crippen LogP contribution in [0.3, 0.4) is 0 Å². The zero-order valence-electron chi connectivity index (χ0n) is 32.1. The van der Waals surface area contributed by atoms with Gasteiger partial charge in [0.05, 0.1) is 28.8 Å². The summed E-state index contributed by atoms with van der Waals surface area (Å²) in [5.41, 5.74) is -8.19. The van der Waals surface area contributed by atoms with Crippen LogP contribution in [0.1, 0.15) is 58.1 Å². The first-order valence-electron chi connectivity index (χ1n) is 17.2. The largest absolute Gasteiger partial charge is 0.502 e. The van der Waals surface area contributed by atoms with Gasteiger partial charge in [-0.1, -0.05) is 6.58 Å². The highest BCUT2D eigenvalue weighted by Crippen LogP contribution is 2.36. The van der Waals surface area contributed by atoms with E-state index in [-0.39, 0.29) is 28.8 Å². The summed E-state index contributed by atoms with van der Waals surface area (Å²) in [4.78, 5) is 99.2. The number of carboxylic acids is 4. The van der Waals surface area contributed by atoms with E-state index in [2.05, 4.69) is 57.5 Å². The molecule has 0 bridgehead atoms. The number of azo groups is 2. The van der Waals surface area contributed by atoms with Crippen LogP contribution in [0.25, 0.3) is 10.7 Å². The van der Waals surface area contributed by atoms with Crippen molar-refractivity contribution in [1.29, 1.82) is 5.26 Å². The van der Waals surface area contributed by atoms with E-state index in [0.717, 1.165) is 36.4 Å². The van der Waals surface area contributed by atoms with Gasteiger partial charge in [-0.2, -0.15) is 15.2 Å². The molecule has 0 aliphatic carbocycles. The Morgan fingerprint density at radius 2 is 1.37 bits per heavy atom. The van der Waals surface area contributed by atoms with E-state index in [0.29, 0.717) is 9.13 Å². The number of rotatable bonds is 15. The maximum absolute atomic E-state index is 13.7. The first-order valence-corrected chi connectivity index (χ1v) is 17.2. The van der Waals surface area contributed by atoms with Crippen molar-refractivity contribution in [2.24, 2.45) is 20.5 Å². The third-order valence-electron chi connectivity index (χ3n) is 8.69. The molecule has 5 aromatic rings. The number of carboxylic acid groups (broad SMARTS) is 4. The Morgan fingerprint density at radius 3 is 1.86 bits per heavy atom. The molecule has 63 heavy (non-hydrogen) atoms. The predicted molar refractivity (Wildman–Crippen MR) is 214 cm³/mol. The number of aromatic carboxylic acids is 4. The lowest BCUT2D eigenvalue weighted by Crippen LogP contribution is -2.27. The lowest BCUT2D eigenvalue weighted by atomic mass is 10.1. The molecular formula is C37H27N13O13. The molecule has 0 fully saturated rings. The average molecular weight is 862 g/mol. The minimum absolute atomic E-state index is 0.150. The molecule has 3 heterocycles. The van der Waals surface area contributed by atoms with Gasteiger partial charge < -0.3 is 41.3 Å². The van der Waals surface area contributed by atoms with Crippen LogP contribution in [0.15, 0.2) is 77.8 Å². The SMILES string of the molecule is [C-]#[N+]c1c(C)c(N=Nc2cc(C(=O)O)ccc2C(=O)O)c(=O)n(C(=C)Nc2nc(NCCn3c(O)c(C#N)c(C)c(N=Nc4cc(C(=O)O)ccc4C(=O)O)c3=O)nc(=O)[nH]2)c1O. The third-order valence-corrected chi connectivity index (χ3v) is 8.69. The van der Waals surface area contributed by atoms with Crippen molar-refractivity contribution in [3.8, 4) is 17.8 Å². The van der Waals surface area contributed by atoms with E-state index >= 15 is 0 Å². The molecule has 0 saturated carbocycles. The molecule has 9 N–H and O–H groups in total. The molecule has 0 spiro atoms. The fraction of sp³-hybridized carbons (Fsp3) is 0.108. The minimum atomic E-state index is -1.50. The summed E-state index contributed by atoms with van der Waals surface area (Å²) in [6.45, 7) is 12.9. The standard InChI is InChI=1S/C37H27N13O13/c1-14-21(13-38)27(51)49(28(52)25(14)47-45-22-11-17(31(55)56)5-7-19(22)33(59)60)10-9-40-35-42-36(44-37(63)43-35)41-16(3)50-29(53)24(39-4)15(2)26(30(50)54)48-46-23-12-18(32(57)58)6-8-20(23)34(61)62/h5-8,11-12,51,53H,3,9-10H2,1-2H3,(H,55,56)(H,57,58)(H,59,60)(H,61,62)(H3,40,41,42,43,44,63). The fourth-order valence-electron chi connectivity index (χ4n) is 5.57. The number of aromatic amines is 1. The van der Waals surface area contributed by atoms with Crippen LogP contribution < -0.4 is 27.4 Å². The molecule has 0 radical (unpaired) electrons. The molecule has 2 aromatic carbocycles. The van der Waals surface area contributed by atoms with E-state index in [9.17, 15) is 69.5 Å². The monoisotopic (exact) mass is 861 g/mol. The molecule has 3 aromatic heterocycles. The van der Waals surface area contributed by atoms with E-state index in [4.69, 9.17) is 6.57 Å². The van der Waals surface area contributed by atoms with Gasteiger partial charge in [0.15, 0.2) is 5.69 Å². The number of aromatic hydroxyl groups is 2. The van der Waals surface area contributed by atoms with E-state index in [1.165, 1.54) is 13.8 Å². The first-order chi connectivity index (χ1) is 29.8. The zero-order valence-corrected chi connectivity index (χ0v) is 32.1. The quantitative estimate of drug-likeness (QED) is 0.0525. The van der Waals surface area contributed by atoms with Gasteiger partial charge in [0, 0.05) is 18.7 Å². The maximum atomic E-state index is 13.7. The van der Waals surface area contributed by atoms with Crippen molar-refractivity contribution >= 4 is 70.0 Å². The summed E-state index contributed by atoms with van der Waals surface area (Å²) < 4.78 is 1.14. The molecule has 5 rings (SSSR count). The smallest absolute Gasteiger partial charge is 0.351 e.